The van der Waals surface area contributed by atoms with Gasteiger partial charge in [0.05, 0.1) is 16.8 Å². The van der Waals surface area contributed by atoms with Crippen LogP contribution in [0.25, 0.3) is 11.1 Å². The predicted molar refractivity (Wildman–Crippen MR) is 269 cm³/mol. The normalized spacial score (nSPS) is 14.7. The van der Waals surface area contributed by atoms with E-state index in [1.165, 1.54) is 89.0 Å². The molecule has 2 heterocycles. The van der Waals surface area contributed by atoms with Crippen LogP contribution in [0.4, 0.5) is 17.1 Å². The molecule has 3 aliphatic rings. The summed E-state index contributed by atoms with van der Waals surface area (Å²) in [7, 11) is 0. The van der Waals surface area contributed by atoms with E-state index in [0.29, 0.717) is 17.8 Å². The molecule has 0 N–H and O–H groups in total. The van der Waals surface area contributed by atoms with Crippen molar-refractivity contribution >= 4 is 40.2 Å². The van der Waals surface area contributed by atoms with E-state index < -0.39 is 5.41 Å². The van der Waals surface area contributed by atoms with E-state index >= 15 is 0 Å². The average molecular weight is 824 g/mol. The molecule has 7 aromatic rings. The molecule has 0 saturated heterocycles. The highest BCUT2D eigenvalue weighted by Gasteiger charge is 2.52. The minimum atomic E-state index is -0.520. The number of para-hydroxylation sites is 1. The topological polar surface area (TPSA) is 12.5 Å². The van der Waals surface area contributed by atoms with Crippen LogP contribution in [0, 0.1) is 0 Å². The van der Waals surface area contributed by atoms with Crippen molar-refractivity contribution in [2.24, 2.45) is 0 Å². The molecule has 0 saturated carbocycles. The van der Waals surface area contributed by atoms with Crippen molar-refractivity contribution in [3.63, 3.8) is 0 Å². The monoisotopic (exact) mass is 823 g/mol. The van der Waals surface area contributed by atoms with Gasteiger partial charge in [-0.2, -0.15) is 0 Å². The summed E-state index contributed by atoms with van der Waals surface area (Å²) in [6, 6.07) is 53.8. The lowest BCUT2D eigenvalue weighted by molar-refractivity contribution is 0.487. The third-order valence-electron chi connectivity index (χ3n) is 14.4. The number of rotatable bonds is 5. The second kappa shape index (κ2) is 14.6. The van der Waals surface area contributed by atoms with Gasteiger partial charge in [0, 0.05) is 11.8 Å². The number of hydrogen-bond acceptors (Lipinski definition) is 2. The van der Waals surface area contributed by atoms with Crippen LogP contribution in [0.5, 0.6) is 11.5 Å². The van der Waals surface area contributed by atoms with Crippen LogP contribution < -0.4 is 26.0 Å². The molecule has 0 fully saturated rings. The summed E-state index contributed by atoms with van der Waals surface area (Å²) in [6.45, 7) is 28.1. The second-order valence-corrected chi connectivity index (χ2v) is 21.5. The van der Waals surface area contributed by atoms with E-state index in [0.717, 1.165) is 17.2 Å². The Kier molecular flexibility index (Phi) is 9.57. The Morgan fingerprint density at radius 3 is 1.48 bits per heavy atom. The highest BCUT2D eigenvalue weighted by molar-refractivity contribution is 6.97. The van der Waals surface area contributed by atoms with Crippen molar-refractivity contribution < 1.29 is 4.74 Å². The molecule has 7 aromatic carbocycles. The Morgan fingerprint density at radius 2 is 0.968 bits per heavy atom. The molecule has 0 unspecified atom stereocenters. The molecule has 316 valence electrons. The molecule has 10 rings (SSSR count). The maximum absolute atomic E-state index is 7.09. The quantitative estimate of drug-likeness (QED) is 0.160. The molecule has 0 amide bonds. The zero-order valence-corrected chi connectivity index (χ0v) is 39.4. The molecule has 63 heavy (non-hydrogen) atoms. The molecule has 1 aliphatic carbocycles. The van der Waals surface area contributed by atoms with Gasteiger partial charge < -0.3 is 9.64 Å². The van der Waals surface area contributed by atoms with Gasteiger partial charge in [0.25, 0.3) is 6.71 Å². The molecular weight excluding hydrogens is 761 g/mol. The fraction of sp³-hybridized carbons (Fsp3) is 0.300. The van der Waals surface area contributed by atoms with Gasteiger partial charge in [-0.3, -0.25) is 0 Å². The van der Waals surface area contributed by atoms with Gasteiger partial charge in [0.2, 0.25) is 0 Å². The van der Waals surface area contributed by atoms with E-state index in [-0.39, 0.29) is 17.5 Å². The van der Waals surface area contributed by atoms with Crippen LogP contribution in [0.15, 0.2) is 140 Å². The first-order chi connectivity index (χ1) is 30.0. The van der Waals surface area contributed by atoms with Crippen molar-refractivity contribution in [2.75, 3.05) is 4.90 Å². The molecular formula is C60H62BNO. The molecule has 2 aliphatic heterocycles. The van der Waals surface area contributed by atoms with Crippen molar-refractivity contribution in [1.82, 2.24) is 0 Å². The first kappa shape index (κ1) is 41.2. The molecule has 1 spiro atoms. The van der Waals surface area contributed by atoms with Gasteiger partial charge in [0.15, 0.2) is 0 Å². The number of fused-ring (bicyclic) bond motifs is 11. The van der Waals surface area contributed by atoms with Gasteiger partial charge in [-0.05, 0) is 125 Å². The van der Waals surface area contributed by atoms with Crippen molar-refractivity contribution in [1.29, 1.82) is 0 Å². The first-order valence-corrected chi connectivity index (χ1v) is 23.4. The SMILES string of the molecule is CC(C)c1cc(C(C)C)c(B2c3ccccc3Oc3cc(N4c5ccc(C(C)(C)C)cc5C5(c6ccccc6-c6ccccc65)c5cc(C(C)(C)C)ccc54)ccc32)c(C(C)C)c1. The minimum absolute atomic E-state index is 0.0365. The summed E-state index contributed by atoms with van der Waals surface area (Å²) in [5, 5.41) is 0. The molecule has 0 atom stereocenters. The van der Waals surface area contributed by atoms with Gasteiger partial charge >= 0.3 is 0 Å². The number of hydrogen-bond donors (Lipinski definition) is 0. The zero-order valence-electron chi connectivity index (χ0n) is 39.4. The van der Waals surface area contributed by atoms with Gasteiger partial charge in [-0.1, -0.05) is 198 Å². The van der Waals surface area contributed by atoms with Crippen LogP contribution in [-0.2, 0) is 16.2 Å². The van der Waals surface area contributed by atoms with Crippen LogP contribution in [0.2, 0.25) is 0 Å². The second-order valence-electron chi connectivity index (χ2n) is 21.5. The highest BCUT2D eigenvalue weighted by Crippen LogP contribution is 2.64. The Balaban J connectivity index is 1.26. The zero-order chi connectivity index (χ0) is 44.3. The van der Waals surface area contributed by atoms with Crippen molar-refractivity contribution in [3.8, 4) is 22.6 Å². The Morgan fingerprint density at radius 1 is 0.476 bits per heavy atom. The Bertz CT molecular complexity index is 2810. The number of anilines is 3. The Hall–Kier alpha value is -5.80. The minimum Gasteiger partial charge on any atom is -0.458 e. The van der Waals surface area contributed by atoms with Crippen LogP contribution in [0.1, 0.15) is 151 Å². The predicted octanol–water partition coefficient (Wildman–Crippen LogP) is 14.4. The van der Waals surface area contributed by atoms with Gasteiger partial charge in [-0.15, -0.1) is 0 Å². The molecule has 0 aromatic heterocycles. The third-order valence-corrected chi connectivity index (χ3v) is 14.4. The fourth-order valence-electron chi connectivity index (χ4n) is 11.1. The van der Waals surface area contributed by atoms with Crippen LogP contribution in [-0.4, -0.2) is 6.71 Å². The summed E-state index contributed by atoms with van der Waals surface area (Å²) >= 11 is 0. The third kappa shape index (κ3) is 6.28. The van der Waals surface area contributed by atoms with E-state index in [1.807, 2.05) is 0 Å². The summed E-state index contributed by atoms with van der Waals surface area (Å²) in [5.41, 5.74) is 21.7. The number of benzene rings is 7. The lowest BCUT2D eigenvalue weighted by Crippen LogP contribution is -2.57. The van der Waals surface area contributed by atoms with Crippen molar-refractivity contribution in [3.05, 3.63) is 190 Å². The maximum atomic E-state index is 7.09. The van der Waals surface area contributed by atoms with Crippen LogP contribution in [0.3, 0.4) is 0 Å². The molecule has 2 nitrogen and oxygen atoms in total. The highest BCUT2D eigenvalue weighted by atomic mass is 16.5. The fourth-order valence-corrected chi connectivity index (χ4v) is 11.1. The standard InChI is InChI=1S/C60H62BNO/c1-36(2)39-31-45(37(3)4)57(46(32-39)38(5)6)61-51-23-17-18-24-55(51)63-56-35-42(27-28-52(56)61)62-53-29-25-40(58(7,8)9)33-49(53)60(50-34-41(59(10,11)12)26-30-54(50)62)47-21-15-13-19-43(47)44-20-14-16-22-48(44)60/h13-38H,1-12H3. The Labute approximate surface area is 377 Å². The summed E-state index contributed by atoms with van der Waals surface area (Å²) in [6.07, 6.45) is 0. The summed E-state index contributed by atoms with van der Waals surface area (Å²) in [4.78, 5) is 2.54. The van der Waals surface area contributed by atoms with Crippen molar-refractivity contribution in [2.45, 2.75) is 117 Å². The van der Waals surface area contributed by atoms with Crippen LogP contribution >= 0.6 is 0 Å². The summed E-state index contributed by atoms with van der Waals surface area (Å²) < 4.78 is 7.09. The van der Waals surface area contributed by atoms with E-state index in [1.54, 1.807) is 0 Å². The number of ether oxygens (including phenoxy) is 1. The van der Waals surface area contributed by atoms with E-state index in [4.69, 9.17) is 4.74 Å². The molecule has 0 radical (unpaired) electrons. The van der Waals surface area contributed by atoms with Gasteiger partial charge in [0.1, 0.15) is 11.5 Å². The lowest BCUT2D eigenvalue weighted by Gasteiger charge is -2.46. The average Bonchev–Trinajstić information content (AvgIpc) is 3.55. The lowest BCUT2D eigenvalue weighted by atomic mass is 9.34. The maximum Gasteiger partial charge on any atom is 0.251 e. The van der Waals surface area contributed by atoms with E-state index in [9.17, 15) is 0 Å². The largest absolute Gasteiger partial charge is 0.458 e. The van der Waals surface area contributed by atoms with Gasteiger partial charge in [-0.25, -0.2) is 0 Å². The molecule has 3 heteroatoms. The summed E-state index contributed by atoms with van der Waals surface area (Å²) in [5.74, 6) is 3.04. The number of nitrogens with zero attached hydrogens (tertiary/aromatic N) is 1. The molecule has 0 bridgehead atoms. The first-order valence-electron chi connectivity index (χ1n) is 23.4. The van der Waals surface area contributed by atoms with E-state index in [2.05, 4.69) is 228 Å². The smallest absolute Gasteiger partial charge is 0.251 e.